The van der Waals surface area contributed by atoms with Crippen LogP contribution >= 0.6 is 7.94 Å². The minimum Gasteiger partial charge on any atom is -0.280 e. The molecule has 0 radical (unpaired) electrons. The van der Waals surface area contributed by atoms with Gasteiger partial charge in [0.2, 0.25) is 0 Å². The van der Waals surface area contributed by atoms with Crippen LogP contribution in [0.15, 0.2) is 72.8 Å². The first-order valence-electron chi connectivity index (χ1n) is 10.2. The van der Waals surface area contributed by atoms with E-state index in [1.807, 2.05) is 60.7 Å². The van der Waals surface area contributed by atoms with Crippen molar-refractivity contribution >= 4 is 13.2 Å². The molecule has 158 valence electrons. The van der Waals surface area contributed by atoms with E-state index in [2.05, 4.69) is 41.5 Å². The van der Waals surface area contributed by atoms with Crippen LogP contribution in [0, 0.1) is 0 Å². The molecule has 3 aromatic carbocycles. The predicted molar refractivity (Wildman–Crippen MR) is 127 cm³/mol. The lowest BCUT2D eigenvalue weighted by atomic mass is 9.80. The molecule has 2 N–H and O–H groups in total. The third-order valence-corrected chi connectivity index (χ3v) is 6.57. The van der Waals surface area contributed by atoms with Crippen molar-refractivity contribution in [2.45, 2.75) is 52.4 Å². The summed E-state index contributed by atoms with van der Waals surface area (Å²) in [5.74, 6) is 0.572. The third-order valence-electron chi connectivity index (χ3n) is 5.16. The summed E-state index contributed by atoms with van der Waals surface area (Å²) < 4.78 is 6.07. The molecule has 30 heavy (non-hydrogen) atoms. The fraction of sp³-hybridized carbons (Fsp3) is 0.308. The second-order valence-corrected chi connectivity index (χ2v) is 11.5. The molecule has 0 bridgehead atoms. The Morgan fingerprint density at radius 1 is 0.600 bits per heavy atom. The smallest absolute Gasteiger partial charge is 0.280 e. The molecule has 0 aliphatic rings. The molecule has 3 nitrogen and oxygen atoms in total. The van der Waals surface area contributed by atoms with Crippen LogP contribution in [0.4, 0.5) is 0 Å². The molecule has 0 saturated heterocycles. The van der Waals surface area contributed by atoms with E-state index in [0.717, 1.165) is 22.3 Å². The largest absolute Gasteiger partial charge is 0.487 e. The molecule has 0 unspecified atom stereocenters. The predicted octanol–water partition coefficient (Wildman–Crippen LogP) is 6.40. The number of hydrogen-bond acceptors (Lipinski definition) is 3. The number of benzene rings is 3. The third kappa shape index (κ3) is 4.92. The van der Waals surface area contributed by atoms with E-state index < -0.39 is 7.94 Å². The van der Waals surface area contributed by atoms with Gasteiger partial charge in [-0.25, -0.2) is 0 Å². The highest BCUT2D eigenvalue weighted by Crippen LogP contribution is 2.54. The SMILES string of the molecule is CC(C)(C)c1cccc(C(C)(C)C)c1O[P+](O)(O)c1ccc(-c2ccccc2)cc1. The maximum absolute atomic E-state index is 11.0. The average molecular weight is 424 g/mol. The van der Waals surface area contributed by atoms with Crippen LogP contribution in [-0.4, -0.2) is 9.79 Å². The Morgan fingerprint density at radius 3 is 1.53 bits per heavy atom. The summed E-state index contributed by atoms with van der Waals surface area (Å²) in [4.78, 5) is 22.1. The molecule has 0 heterocycles. The zero-order valence-corrected chi connectivity index (χ0v) is 19.6. The second-order valence-electron chi connectivity index (χ2n) is 9.73. The fourth-order valence-corrected chi connectivity index (χ4v) is 4.57. The highest BCUT2D eigenvalue weighted by atomic mass is 31.2. The van der Waals surface area contributed by atoms with E-state index in [1.165, 1.54) is 0 Å². The summed E-state index contributed by atoms with van der Waals surface area (Å²) in [5.41, 5.74) is 3.62. The summed E-state index contributed by atoms with van der Waals surface area (Å²) in [6.45, 7) is 12.6. The molecule has 0 spiro atoms. The molecule has 3 aromatic rings. The van der Waals surface area contributed by atoms with Gasteiger partial charge in [0.25, 0.3) is 0 Å². The van der Waals surface area contributed by atoms with Gasteiger partial charge in [0, 0.05) is 11.1 Å². The topological polar surface area (TPSA) is 49.7 Å². The molecule has 0 atom stereocenters. The van der Waals surface area contributed by atoms with Crippen molar-refractivity contribution < 1.29 is 14.3 Å². The summed E-state index contributed by atoms with van der Waals surface area (Å²) in [7, 11) is -3.82. The van der Waals surface area contributed by atoms with Gasteiger partial charge in [-0.05, 0) is 34.1 Å². The zero-order valence-electron chi connectivity index (χ0n) is 18.7. The van der Waals surface area contributed by atoms with Gasteiger partial charge in [-0.3, -0.25) is 4.52 Å². The molecule has 3 rings (SSSR count). The summed E-state index contributed by atoms with van der Waals surface area (Å²) in [5, 5.41) is 0.394. The van der Waals surface area contributed by atoms with Gasteiger partial charge < -0.3 is 0 Å². The molecule has 0 amide bonds. The van der Waals surface area contributed by atoms with Gasteiger partial charge >= 0.3 is 7.94 Å². The average Bonchev–Trinajstić information content (AvgIpc) is 2.67. The van der Waals surface area contributed by atoms with E-state index in [1.54, 1.807) is 12.1 Å². The van der Waals surface area contributed by atoms with Crippen LogP contribution in [0.1, 0.15) is 52.7 Å². The lowest BCUT2D eigenvalue weighted by Gasteiger charge is -2.28. The maximum atomic E-state index is 11.0. The van der Waals surface area contributed by atoms with Crippen molar-refractivity contribution in [3.8, 4) is 16.9 Å². The van der Waals surface area contributed by atoms with Gasteiger partial charge in [-0.2, -0.15) is 9.79 Å². The zero-order chi connectivity index (χ0) is 22.2. The summed E-state index contributed by atoms with van der Waals surface area (Å²) in [6.07, 6.45) is 0. The highest BCUT2D eigenvalue weighted by Gasteiger charge is 2.44. The van der Waals surface area contributed by atoms with Crippen molar-refractivity contribution in [1.82, 2.24) is 0 Å². The fourth-order valence-electron chi connectivity index (χ4n) is 3.48. The summed E-state index contributed by atoms with van der Waals surface area (Å²) in [6, 6.07) is 23.3. The van der Waals surface area contributed by atoms with Gasteiger partial charge in [0.1, 0.15) is 0 Å². The first-order chi connectivity index (χ1) is 13.9. The number of rotatable bonds is 4. The Hall–Kier alpha value is -2.19. The Kier molecular flexibility index (Phi) is 6.11. The van der Waals surface area contributed by atoms with Crippen molar-refractivity contribution in [2.75, 3.05) is 0 Å². The number of hydrogen-bond donors (Lipinski definition) is 2. The van der Waals surface area contributed by atoms with Crippen LogP contribution in [0.2, 0.25) is 0 Å². The van der Waals surface area contributed by atoms with E-state index in [9.17, 15) is 9.79 Å². The molecule has 0 aromatic heterocycles. The van der Waals surface area contributed by atoms with Crippen LogP contribution in [0.3, 0.4) is 0 Å². The summed E-state index contributed by atoms with van der Waals surface area (Å²) >= 11 is 0. The Balaban J connectivity index is 2.01. The van der Waals surface area contributed by atoms with Crippen LogP contribution < -0.4 is 9.83 Å². The molecular formula is C26H32O3P+. The Labute approximate surface area is 181 Å². The van der Waals surface area contributed by atoms with Crippen LogP contribution in [-0.2, 0) is 10.8 Å². The van der Waals surface area contributed by atoms with Crippen molar-refractivity contribution in [2.24, 2.45) is 0 Å². The van der Waals surface area contributed by atoms with E-state index >= 15 is 0 Å². The normalized spacial score (nSPS) is 12.7. The maximum Gasteiger partial charge on any atom is 0.487 e. The number of para-hydroxylation sites is 1. The first-order valence-corrected chi connectivity index (χ1v) is 11.8. The van der Waals surface area contributed by atoms with Gasteiger partial charge in [0.15, 0.2) is 11.1 Å². The van der Waals surface area contributed by atoms with Gasteiger partial charge in [0.05, 0.1) is 0 Å². The molecular weight excluding hydrogens is 391 g/mol. The Bertz CT molecular complexity index is 963. The van der Waals surface area contributed by atoms with E-state index in [4.69, 9.17) is 4.52 Å². The minimum absolute atomic E-state index is 0.201. The van der Waals surface area contributed by atoms with Crippen molar-refractivity contribution in [3.63, 3.8) is 0 Å². The highest BCUT2D eigenvalue weighted by molar-refractivity contribution is 7.68. The van der Waals surface area contributed by atoms with E-state index in [-0.39, 0.29) is 10.8 Å². The molecule has 0 aliphatic heterocycles. The quantitative estimate of drug-likeness (QED) is 0.477. The van der Waals surface area contributed by atoms with Crippen molar-refractivity contribution in [3.05, 3.63) is 83.9 Å². The second kappa shape index (κ2) is 8.15. The molecule has 0 fully saturated rings. The molecule has 0 saturated carbocycles. The lowest BCUT2D eigenvalue weighted by molar-refractivity contribution is 0.345. The van der Waals surface area contributed by atoms with Crippen LogP contribution in [0.5, 0.6) is 5.75 Å². The Morgan fingerprint density at radius 2 is 1.07 bits per heavy atom. The first kappa shape index (κ1) is 22.5. The molecule has 4 heteroatoms. The van der Waals surface area contributed by atoms with Gasteiger partial charge in [-0.1, -0.05) is 102 Å². The standard InChI is InChI=1S/C26H32O3P/c1-25(2,3)22-13-10-14-23(26(4,5)6)24(22)29-30(27,28)21-17-15-20(16-18-21)19-11-8-7-9-12-19/h7-18,27-28H,1-6H3/q+1. The van der Waals surface area contributed by atoms with E-state index in [0.29, 0.717) is 11.1 Å². The van der Waals surface area contributed by atoms with Crippen LogP contribution in [0.25, 0.3) is 11.1 Å². The monoisotopic (exact) mass is 423 g/mol. The lowest BCUT2D eigenvalue weighted by Crippen LogP contribution is -2.22. The van der Waals surface area contributed by atoms with Crippen molar-refractivity contribution in [1.29, 1.82) is 0 Å². The minimum atomic E-state index is -3.82. The molecule has 0 aliphatic carbocycles. The van der Waals surface area contributed by atoms with Gasteiger partial charge in [-0.15, -0.1) is 0 Å².